The van der Waals surface area contributed by atoms with Gasteiger partial charge < -0.3 is 5.32 Å². The van der Waals surface area contributed by atoms with Crippen LogP contribution in [0.4, 0.5) is 8.78 Å². The zero-order valence-corrected chi connectivity index (χ0v) is 13.5. The summed E-state index contributed by atoms with van der Waals surface area (Å²) in [5.41, 5.74) is -4.34. The predicted molar refractivity (Wildman–Crippen MR) is 79.9 cm³/mol. The van der Waals surface area contributed by atoms with Crippen LogP contribution >= 0.6 is 0 Å². The van der Waals surface area contributed by atoms with Crippen LogP contribution in [-0.2, 0) is 21.2 Å². The zero-order chi connectivity index (χ0) is 16.9. The first-order valence-electron chi connectivity index (χ1n) is 7.48. The van der Waals surface area contributed by atoms with Gasteiger partial charge >= 0.3 is 0 Å². The van der Waals surface area contributed by atoms with Crippen molar-refractivity contribution in [3.8, 4) is 0 Å². The number of nitrogens with one attached hydrogen (secondary N) is 1. The Labute approximate surface area is 133 Å². The van der Waals surface area contributed by atoms with Crippen LogP contribution < -0.4 is 5.32 Å². The monoisotopic (exact) mass is 344 g/mol. The molecule has 0 aromatic heterocycles. The van der Waals surface area contributed by atoms with E-state index < -0.39 is 46.9 Å². The molecule has 5 nitrogen and oxygen atoms in total. The van der Waals surface area contributed by atoms with Crippen LogP contribution in [0.25, 0.3) is 0 Å². The molecular weight excluding hydrogens is 326 g/mol. The van der Waals surface area contributed by atoms with E-state index in [4.69, 9.17) is 0 Å². The van der Waals surface area contributed by atoms with Crippen LogP contribution in [0.1, 0.15) is 18.9 Å². The molecule has 0 saturated carbocycles. The number of alkyl halides is 2. The molecule has 0 radical (unpaired) electrons. The Morgan fingerprint density at radius 1 is 1.22 bits per heavy atom. The van der Waals surface area contributed by atoms with Crippen LogP contribution in [0.15, 0.2) is 29.2 Å². The van der Waals surface area contributed by atoms with E-state index in [1.165, 1.54) is 12.1 Å². The minimum Gasteiger partial charge on any atom is -0.350 e. The summed E-state index contributed by atoms with van der Waals surface area (Å²) in [6.07, 6.45) is 1.76. The molecule has 0 aliphatic carbocycles. The first-order valence-corrected chi connectivity index (χ1v) is 8.92. The smallest absolute Gasteiger partial charge is 0.262 e. The maximum Gasteiger partial charge on any atom is 0.262 e. The summed E-state index contributed by atoms with van der Waals surface area (Å²) < 4.78 is 55.2. The van der Waals surface area contributed by atoms with Crippen LogP contribution in [0.3, 0.4) is 0 Å². The molecule has 1 N–H and O–H groups in total. The predicted octanol–water partition coefficient (Wildman–Crippen LogP) is 1.19. The zero-order valence-electron chi connectivity index (χ0n) is 12.7. The number of sulfonamides is 1. The Morgan fingerprint density at radius 2 is 1.87 bits per heavy atom. The summed E-state index contributed by atoms with van der Waals surface area (Å²) in [7, 11) is -4.04. The maximum atomic E-state index is 14.6. The Kier molecular flexibility index (Phi) is 3.72. The molecule has 8 heteroatoms. The lowest BCUT2D eigenvalue weighted by Gasteiger charge is -2.19. The van der Waals surface area contributed by atoms with Gasteiger partial charge in [0.1, 0.15) is 0 Å². The lowest BCUT2D eigenvalue weighted by atomic mass is 9.93. The Morgan fingerprint density at radius 3 is 2.43 bits per heavy atom. The number of nitrogens with zero attached hydrogens (tertiary/aromatic N) is 1. The van der Waals surface area contributed by atoms with Crippen LogP contribution in [0.2, 0.25) is 0 Å². The Bertz CT molecular complexity index is 738. The van der Waals surface area contributed by atoms with E-state index in [0.717, 1.165) is 22.7 Å². The summed E-state index contributed by atoms with van der Waals surface area (Å²) in [6.45, 7) is 0.0412. The molecule has 126 valence electrons. The van der Waals surface area contributed by atoms with E-state index in [1.54, 1.807) is 12.1 Å². The summed E-state index contributed by atoms with van der Waals surface area (Å²) in [5.74, 6) is -1.09. The van der Waals surface area contributed by atoms with Crippen molar-refractivity contribution in [2.75, 3.05) is 19.6 Å². The van der Waals surface area contributed by atoms with Gasteiger partial charge in [-0.1, -0.05) is 25.5 Å². The van der Waals surface area contributed by atoms with Gasteiger partial charge in [0.2, 0.25) is 15.7 Å². The van der Waals surface area contributed by atoms with Gasteiger partial charge in [-0.25, -0.2) is 17.2 Å². The molecule has 2 atom stereocenters. The second-order valence-electron chi connectivity index (χ2n) is 6.12. The number of fused-ring (bicyclic) bond motifs is 1. The third kappa shape index (κ3) is 2.35. The van der Waals surface area contributed by atoms with E-state index >= 15 is 0 Å². The van der Waals surface area contributed by atoms with Crippen LogP contribution in [0.5, 0.6) is 0 Å². The average Bonchev–Trinajstić information content (AvgIpc) is 2.90. The average molecular weight is 344 g/mol. The highest BCUT2D eigenvalue weighted by Crippen LogP contribution is 2.43. The Hall–Kier alpha value is -1.54. The number of benzene rings is 1. The second-order valence-corrected chi connectivity index (χ2v) is 8.05. The van der Waals surface area contributed by atoms with E-state index in [-0.39, 0.29) is 4.90 Å². The van der Waals surface area contributed by atoms with Gasteiger partial charge in [-0.2, -0.15) is 4.31 Å². The van der Waals surface area contributed by atoms with Gasteiger partial charge in [-0.3, -0.25) is 4.79 Å². The standard InChI is InChI=1S/C15H18F2N2O3S/c1-2-3-11-4-6-12(7-5-11)23(21,22)19-9-14(16)8-18-13(20)15(14,17)10-19/h4-7H,2-3,8-10H2,1H3,(H,18,20)/t14-,15-/m1/s1. The molecule has 1 amide bonds. The maximum absolute atomic E-state index is 14.6. The van der Waals surface area contributed by atoms with Crippen molar-refractivity contribution in [1.29, 1.82) is 0 Å². The number of hydrogen-bond acceptors (Lipinski definition) is 3. The van der Waals surface area contributed by atoms with Crippen molar-refractivity contribution in [1.82, 2.24) is 9.62 Å². The molecule has 23 heavy (non-hydrogen) atoms. The molecule has 2 aliphatic heterocycles. The number of halogens is 2. The molecule has 0 spiro atoms. The van der Waals surface area contributed by atoms with E-state index in [1.807, 2.05) is 6.92 Å². The minimum absolute atomic E-state index is 0.0232. The van der Waals surface area contributed by atoms with Crippen molar-refractivity contribution in [3.63, 3.8) is 0 Å². The number of carbonyl (C=O) groups is 1. The highest BCUT2D eigenvalue weighted by atomic mass is 32.2. The van der Waals surface area contributed by atoms with Crippen molar-refractivity contribution in [3.05, 3.63) is 29.8 Å². The van der Waals surface area contributed by atoms with Gasteiger partial charge in [-0.15, -0.1) is 0 Å². The molecule has 3 rings (SSSR count). The SMILES string of the molecule is CCCc1ccc(S(=O)(=O)N2C[C@]3(F)CNC(=O)[C@]3(F)C2)cc1. The lowest BCUT2D eigenvalue weighted by Crippen LogP contribution is -2.47. The third-order valence-electron chi connectivity index (χ3n) is 4.52. The van der Waals surface area contributed by atoms with Gasteiger partial charge in [-0.05, 0) is 24.1 Å². The van der Waals surface area contributed by atoms with Crippen LogP contribution in [0, 0.1) is 0 Å². The molecule has 2 aliphatic rings. The summed E-state index contributed by atoms with van der Waals surface area (Å²) in [5, 5.41) is 2.13. The third-order valence-corrected chi connectivity index (χ3v) is 6.33. The van der Waals surface area contributed by atoms with Crippen molar-refractivity contribution in [2.24, 2.45) is 0 Å². The number of amides is 1. The summed E-state index contributed by atoms with van der Waals surface area (Å²) >= 11 is 0. The number of rotatable bonds is 4. The van der Waals surface area contributed by atoms with Gasteiger partial charge in [0.25, 0.3) is 5.91 Å². The first kappa shape index (κ1) is 16.3. The molecule has 1 aromatic rings. The summed E-state index contributed by atoms with van der Waals surface area (Å²) in [4.78, 5) is 11.5. The number of hydrogen-bond donors (Lipinski definition) is 1. The van der Waals surface area contributed by atoms with E-state index in [2.05, 4.69) is 5.32 Å². The van der Waals surface area contributed by atoms with Crippen molar-refractivity contribution in [2.45, 2.75) is 36.0 Å². The topological polar surface area (TPSA) is 66.5 Å². The quantitative estimate of drug-likeness (QED) is 0.892. The summed E-state index contributed by atoms with van der Waals surface area (Å²) in [6, 6.07) is 6.25. The molecule has 0 bridgehead atoms. The highest BCUT2D eigenvalue weighted by molar-refractivity contribution is 7.89. The fourth-order valence-electron chi connectivity index (χ4n) is 3.11. The normalized spacial score (nSPS) is 31.2. The minimum atomic E-state index is -4.04. The second kappa shape index (κ2) is 5.24. The number of aryl methyl sites for hydroxylation is 1. The van der Waals surface area contributed by atoms with E-state index in [9.17, 15) is 22.0 Å². The van der Waals surface area contributed by atoms with Crippen LogP contribution in [-0.4, -0.2) is 49.6 Å². The van der Waals surface area contributed by atoms with Crippen molar-refractivity contribution < 1.29 is 22.0 Å². The van der Waals surface area contributed by atoms with E-state index in [0.29, 0.717) is 0 Å². The van der Waals surface area contributed by atoms with Crippen molar-refractivity contribution >= 4 is 15.9 Å². The number of carbonyl (C=O) groups excluding carboxylic acids is 1. The lowest BCUT2D eigenvalue weighted by molar-refractivity contribution is -0.131. The molecule has 2 fully saturated rings. The molecular formula is C15H18F2N2O3S. The van der Waals surface area contributed by atoms with Gasteiger partial charge in [0.15, 0.2) is 5.67 Å². The molecule has 0 unspecified atom stereocenters. The Balaban J connectivity index is 1.88. The molecule has 1 aromatic carbocycles. The fourth-order valence-corrected chi connectivity index (χ4v) is 4.61. The first-order chi connectivity index (χ1) is 10.7. The molecule has 2 heterocycles. The van der Waals surface area contributed by atoms with Gasteiger partial charge in [0.05, 0.1) is 24.5 Å². The van der Waals surface area contributed by atoms with Gasteiger partial charge in [0, 0.05) is 0 Å². The fraction of sp³-hybridized carbons (Fsp3) is 0.533. The largest absolute Gasteiger partial charge is 0.350 e. The molecule has 2 saturated heterocycles. The highest BCUT2D eigenvalue weighted by Gasteiger charge is 2.70.